The Balaban J connectivity index is 2.13. The molecule has 0 aliphatic heterocycles. The SMILES string of the molecule is CCOC(=O)Nc1nc(-c2cccc(OC)c2)cs1. The first-order valence-corrected chi connectivity index (χ1v) is 6.64. The van der Waals surface area contributed by atoms with Crippen LogP contribution in [-0.2, 0) is 4.74 Å². The van der Waals surface area contributed by atoms with Crippen molar-refractivity contribution >= 4 is 22.6 Å². The van der Waals surface area contributed by atoms with Crippen molar-refractivity contribution < 1.29 is 14.3 Å². The third-order valence-electron chi connectivity index (χ3n) is 2.35. The lowest BCUT2D eigenvalue weighted by Gasteiger charge is -2.02. The van der Waals surface area contributed by atoms with E-state index in [4.69, 9.17) is 9.47 Å². The summed E-state index contributed by atoms with van der Waals surface area (Å²) in [7, 11) is 1.62. The van der Waals surface area contributed by atoms with Crippen LogP contribution >= 0.6 is 11.3 Å². The molecule has 2 aromatic rings. The first kappa shape index (κ1) is 13.4. The molecule has 1 N–H and O–H groups in total. The summed E-state index contributed by atoms with van der Waals surface area (Å²) in [6.07, 6.45) is -0.492. The van der Waals surface area contributed by atoms with Gasteiger partial charge in [0, 0.05) is 10.9 Å². The number of ether oxygens (including phenoxy) is 2. The molecule has 0 aliphatic rings. The van der Waals surface area contributed by atoms with Crippen molar-refractivity contribution in [2.75, 3.05) is 19.0 Å². The number of carbonyl (C=O) groups excluding carboxylic acids is 1. The largest absolute Gasteiger partial charge is 0.497 e. The van der Waals surface area contributed by atoms with Crippen molar-refractivity contribution in [2.45, 2.75) is 6.92 Å². The van der Waals surface area contributed by atoms with E-state index in [0.29, 0.717) is 11.7 Å². The maximum Gasteiger partial charge on any atom is 0.413 e. The van der Waals surface area contributed by atoms with Crippen LogP contribution in [0, 0.1) is 0 Å². The van der Waals surface area contributed by atoms with Crippen LogP contribution in [0.5, 0.6) is 5.75 Å². The first-order chi connectivity index (χ1) is 9.22. The van der Waals surface area contributed by atoms with Gasteiger partial charge >= 0.3 is 6.09 Å². The summed E-state index contributed by atoms with van der Waals surface area (Å²) in [6, 6.07) is 7.59. The number of methoxy groups -OCH3 is 1. The number of thiazole rings is 1. The first-order valence-electron chi connectivity index (χ1n) is 5.76. The number of amides is 1. The molecule has 0 fully saturated rings. The fourth-order valence-electron chi connectivity index (χ4n) is 1.50. The Morgan fingerprint density at radius 2 is 2.32 bits per heavy atom. The van der Waals surface area contributed by atoms with Crippen molar-refractivity contribution in [1.29, 1.82) is 0 Å². The van der Waals surface area contributed by atoms with Gasteiger partial charge in [0.2, 0.25) is 0 Å². The fraction of sp³-hybridized carbons (Fsp3) is 0.231. The van der Waals surface area contributed by atoms with Gasteiger partial charge < -0.3 is 9.47 Å². The second kappa shape index (κ2) is 6.19. The third-order valence-corrected chi connectivity index (χ3v) is 3.11. The van der Waals surface area contributed by atoms with Gasteiger partial charge in [-0.3, -0.25) is 5.32 Å². The van der Waals surface area contributed by atoms with E-state index >= 15 is 0 Å². The van der Waals surface area contributed by atoms with Gasteiger partial charge in [0.15, 0.2) is 5.13 Å². The van der Waals surface area contributed by atoms with Gasteiger partial charge in [-0.25, -0.2) is 9.78 Å². The summed E-state index contributed by atoms with van der Waals surface area (Å²) >= 11 is 1.35. The highest BCUT2D eigenvalue weighted by Gasteiger charge is 2.08. The van der Waals surface area contributed by atoms with E-state index in [1.807, 2.05) is 29.6 Å². The van der Waals surface area contributed by atoms with Crippen LogP contribution in [0.4, 0.5) is 9.93 Å². The van der Waals surface area contributed by atoms with Crippen LogP contribution in [0.15, 0.2) is 29.6 Å². The zero-order valence-corrected chi connectivity index (χ0v) is 11.5. The number of hydrogen-bond acceptors (Lipinski definition) is 5. The molecule has 1 amide bonds. The Morgan fingerprint density at radius 3 is 3.05 bits per heavy atom. The molecule has 1 aromatic carbocycles. The second-order valence-electron chi connectivity index (χ2n) is 3.62. The molecule has 0 radical (unpaired) electrons. The van der Waals surface area contributed by atoms with Gasteiger partial charge in [-0.2, -0.15) is 0 Å². The highest BCUT2D eigenvalue weighted by molar-refractivity contribution is 7.14. The van der Waals surface area contributed by atoms with Crippen LogP contribution in [0.3, 0.4) is 0 Å². The average Bonchev–Trinajstić information content (AvgIpc) is 2.87. The minimum Gasteiger partial charge on any atom is -0.497 e. The fourth-order valence-corrected chi connectivity index (χ4v) is 2.21. The molecule has 6 heteroatoms. The monoisotopic (exact) mass is 278 g/mol. The Hall–Kier alpha value is -2.08. The Bertz CT molecular complexity index is 569. The van der Waals surface area contributed by atoms with E-state index in [0.717, 1.165) is 17.0 Å². The van der Waals surface area contributed by atoms with Crippen molar-refractivity contribution in [3.8, 4) is 17.0 Å². The topological polar surface area (TPSA) is 60.5 Å². The Labute approximate surface area is 115 Å². The van der Waals surface area contributed by atoms with Gasteiger partial charge in [0.1, 0.15) is 5.75 Å². The van der Waals surface area contributed by atoms with Crippen LogP contribution in [0.25, 0.3) is 11.3 Å². The molecule has 0 aliphatic carbocycles. The zero-order chi connectivity index (χ0) is 13.7. The average molecular weight is 278 g/mol. The smallest absolute Gasteiger partial charge is 0.413 e. The number of benzene rings is 1. The molecule has 1 aromatic heterocycles. The molecular weight excluding hydrogens is 264 g/mol. The highest BCUT2D eigenvalue weighted by Crippen LogP contribution is 2.27. The van der Waals surface area contributed by atoms with Crippen LogP contribution in [0.1, 0.15) is 6.92 Å². The summed E-state index contributed by atoms with van der Waals surface area (Å²) in [5.74, 6) is 0.769. The van der Waals surface area contributed by atoms with Crippen molar-refractivity contribution in [1.82, 2.24) is 4.98 Å². The number of hydrogen-bond donors (Lipinski definition) is 1. The van der Waals surface area contributed by atoms with Crippen molar-refractivity contribution in [2.24, 2.45) is 0 Å². The predicted molar refractivity (Wildman–Crippen MR) is 74.7 cm³/mol. The highest BCUT2D eigenvalue weighted by atomic mass is 32.1. The van der Waals surface area contributed by atoms with Gasteiger partial charge in [0.05, 0.1) is 19.4 Å². The lowest BCUT2D eigenvalue weighted by Crippen LogP contribution is -2.12. The molecule has 2 rings (SSSR count). The number of anilines is 1. The second-order valence-corrected chi connectivity index (χ2v) is 4.47. The molecule has 0 unspecified atom stereocenters. The maximum atomic E-state index is 11.3. The number of carbonyl (C=O) groups is 1. The van der Waals surface area contributed by atoms with Gasteiger partial charge in [-0.1, -0.05) is 12.1 Å². The summed E-state index contributed by atoms with van der Waals surface area (Å²) < 4.78 is 9.96. The number of nitrogens with zero attached hydrogens (tertiary/aromatic N) is 1. The Morgan fingerprint density at radius 1 is 1.47 bits per heavy atom. The predicted octanol–water partition coefficient (Wildman–Crippen LogP) is 3.39. The van der Waals surface area contributed by atoms with E-state index in [2.05, 4.69) is 10.3 Å². The lowest BCUT2D eigenvalue weighted by molar-refractivity contribution is 0.168. The molecule has 0 bridgehead atoms. The molecule has 1 heterocycles. The Kier molecular flexibility index (Phi) is 4.35. The number of aromatic nitrogens is 1. The molecular formula is C13H14N2O3S. The standard InChI is InChI=1S/C13H14N2O3S/c1-3-18-13(16)15-12-14-11(8-19-12)9-5-4-6-10(7-9)17-2/h4-8H,3H2,1-2H3,(H,14,15,16). The summed E-state index contributed by atoms with van der Waals surface area (Å²) in [6.45, 7) is 2.09. The van der Waals surface area contributed by atoms with E-state index in [-0.39, 0.29) is 0 Å². The maximum absolute atomic E-state index is 11.3. The molecule has 0 atom stereocenters. The number of rotatable bonds is 4. The normalized spacial score (nSPS) is 10.0. The van der Waals surface area contributed by atoms with Gasteiger partial charge in [-0.05, 0) is 19.1 Å². The van der Waals surface area contributed by atoms with Crippen LogP contribution in [0.2, 0.25) is 0 Å². The molecule has 0 saturated heterocycles. The minimum absolute atomic E-state index is 0.333. The van der Waals surface area contributed by atoms with Crippen LogP contribution in [-0.4, -0.2) is 24.8 Å². The van der Waals surface area contributed by atoms with E-state index in [1.165, 1.54) is 11.3 Å². The van der Waals surface area contributed by atoms with E-state index in [9.17, 15) is 4.79 Å². The molecule has 100 valence electrons. The zero-order valence-electron chi connectivity index (χ0n) is 10.7. The van der Waals surface area contributed by atoms with Gasteiger partial charge in [-0.15, -0.1) is 11.3 Å². The molecule has 0 spiro atoms. The van der Waals surface area contributed by atoms with Crippen molar-refractivity contribution in [3.05, 3.63) is 29.6 Å². The summed E-state index contributed by atoms with van der Waals surface area (Å²) in [4.78, 5) is 15.6. The number of nitrogens with one attached hydrogen (secondary N) is 1. The van der Waals surface area contributed by atoms with E-state index in [1.54, 1.807) is 14.0 Å². The lowest BCUT2D eigenvalue weighted by atomic mass is 10.2. The third kappa shape index (κ3) is 3.45. The molecule has 5 nitrogen and oxygen atoms in total. The van der Waals surface area contributed by atoms with E-state index < -0.39 is 6.09 Å². The molecule has 0 saturated carbocycles. The quantitative estimate of drug-likeness (QED) is 0.931. The van der Waals surface area contributed by atoms with Crippen LogP contribution < -0.4 is 10.1 Å². The summed E-state index contributed by atoms with van der Waals surface area (Å²) in [5.41, 5.74) is 1.73. The minimum atomic E-state index is -0.492. The summed E-state index contributed by atoms with van der Waals surface area (Å²) in [5, 5.41) is 4.96. The van der Waals surface area contributed by atoms with Gasteiger partial charge in [0.25, 0.3) is 0 Å². The molecule has 19 heavy (non-hydrogen) atoms. The van der Waals surface area contributed by atoms with Crippen molar-refractivity contribution in [3.63, 3.8) is 0 Å².